The number of halogens is 1. The van der Waals surface area contributed by atoms with Crippen molar-refractivity contribution in [1.29, 1.82) is 0 Å². The Hall–Kier alpha value is -2.28. The number of carbonyl (C=O) groups excluding carboxylic acids is 2. The third kappa shape index (κ3) is 3.63. The zero-order valence-electron chi connectivity index (χ0n) is 11.6. The van der Waals surface area contributed by atoms with Gasteiger partial charge in [-0.3, -0.25) is 4.79 Å². The van der Waals surface area contributed by atoms with Gasteiger partial charge in [-0.15, -0.1) is 0 Å². The second-order valence-electron chi connectivity index (χ2n) is 4.45. The number of hydrogen-bond acceptors (Lipinski definition) is 5. The van der Waals surface area contributed by atoms with Crippen molar-refractivity contribution in [2.45, 2.75) is 25.9 Å². The second kappa shape index (κ2) is 6.45. The predicted molar refractivity (Wildman–Crippen MR) is 69.3 cm³/mol. The first-order chi connectivity index (χ1) is 9.72. The highest BCUT2D eigenvalue weighted by atomic mass is 19.1. The van der Waals surface area contributed by atoms with Gasteiger partial charge in [0.1, 0.15) is 5.82 Å². The van der Waals surface area contributed by atoms with Gasteiger partial charge in [-0.2, -0.15) is 0 Å². The van der Waals surface area contributed by atoms with Gasteiger partial charge in [0, 0.05) is 5.56 Å². The van der Waals surface area contributed by atoms with Gasteiger partial charge in [-0.1, -0.05) is 0 Å². The molecule has 0 heterocycles. The number of aliphatic carboxylic acids is 1. The molecule has 0 saturated heterocycles. The molecule has 0 aliphatic heterocycles. The van der Waals surface area contributed by atoms with Crippen molar-refractivity contribution in [3.63, 3.8) is 0 Å². The molecule has 1 aromatic rings. The second-order valence-corrected chi connectivity index (χ2v) is 4.45. The fraction of sp³-hybridized carbons (Fsp3) is 0.357. The average Bonchev–Trinajstić information content (AvgIpc) is 2.41. The first-order valence-corrected chi connectivity index (χ1v) is 6.14. The molecule has 21 heavy (non-hydrogen) atoms. The van der Waals surface area contributed by atoms with Crippen LogP contribution < -0.4 is 0 Å². The number of aliphatic hydroxyl groups is 1. The minimum atomic E-state index is -2.96. The van der Waals surface area contributed by atoms with E-state index in [1.54, 1.807) is 0 Å². The van der Waals surface area contributed by atoms with Crippen LogP contribution in [-0.2, 0) is 14.3 Å². The Morgan fingerprint density at radius 3 is 2.43 bits per heavy atom. The molecule has 0 aliphatic carbocycles. The standard InChI is InChI=1S/C14H15FO6/c1-3-21-13(19)14(20,12(17)18)7-11(16)9-4-5-10(15)8(2)6-9/h4-6,20H,3,7H2,1-2H3,(H,17,18). The molecule has 114 valence electrons. The highest BCUT2D eigenvalue weighted by molar-refractivity contribution is 6.09. The van der Waals surface area contributed by atoms with E-state index in [2.05, 4.69) is 4.74 Å². The Labute approximate surface area is 120 Å². The lowest BCUT2D eigenvalue weighted by Gasteiger charge is -2.20. The fourth-order valence-corrected chi connectivity index (χ4v) is 1.64. The van der Waals surface area contributed by atoms with Crippen molar-refractivity contribution >= 4 is 17.7 Å². The lowest BCUT2D eigenvalue weighted by Crippen LogP contribution is -2.49. The number of benzene rings is 1. The van der Waals surface area contributed by atoms with Gasteiger partial charge in [0.25, 0.3) is 5.60 Å². The Bertz CT molecular complexity index is 583. The summed E-state index contributed by atoms with van der Waals surface area (Å²) in [7, 11) is 0. The molecule has 0 fully saturated rings. The largest absolute Gasteiger partial charge is 0.479 e. The molecule has 6 nitrogen and oxygen atoms in total. The van der Waals surface area contributed by atoms with Crippen molar-refractivity contribution in [2.24, 2.45) is 0 Å². The van der Waals surface area contributed by atoms with E-state index in [4.69, 9.17) is 5.11 Å². The maximum absolute atomic E-state index is 13.1. The smallest absolute Gasteiger partial charge is 0.350 e. The van der Waals surface area contributed by atoms with Crippen molar-refractivity contribution < 1.29 is 33.7 Å². The van der Waals surface area contributed by atoms with E-state index in [-0.39, 0.29) is 17.7 Å². The molecule has 1 rings (SSSR count). The molecule has 1 unspecified atom stereocenters. The van der Waals surface area contributed by atoms with E-state index >= 15 is 0 Å². The number of carboxylic acids is 1. The van der Waals surface area contributed by atoms with Crippen LogP contribution in [0, 0.1) is 12.7 Å². The van der Waals surface area contributed by atoms with Gasteiger partial charge >= 0.3 is 11.9 Å². The highest BCUT2D eigenvalue weighted by Gasteiger charge is 2.47. The summed E-state index contributed by atoms with van der Waals surface area (Å²) < 4.78 is 17.6. The third-order valence-electron chi connectivity index (χ3n) is 2.86. The Balaban J connectivity index is 3.03. The number of ether oxygens (including phenoxy) is 1. The Morgan fingerprint density at radius 1 is 1.33 bits per heavy atom. The van der Waals surface area contributed by atoms with Crippen molar-refractivity contribution in [3.8, 4) is 0 Å². The number of carboxylic acid groups (broad SMARTS) is 1. The van der Waals surface area contributed by atoms with Crippen LogP contribution in [0.2, 0.25) is 0 Å². The molecule has 2 N–H and O–H groups in total. The normalized spacial score (nSPS) is 13.3. The number of Topliss-reactive ketones (excluding diaryl/α,β-unsaturated/α-hetero) is 1. The van der Waals surface area contributed by atoms with E-state index in [0.717, 1.165) is 12.1 Å². The molecule has 0 spiro atoms. The summed E-state index contributed by atoms with van der Waals surface area (Å²) in [6.07, 6.45) is -0.994. The van der Waals surface area contributed by atoms with Crippen LogP contribution in [0.15, 0.2) is 18.2 Å². The van der Waals surface area contributed by atoms with Crippen LogP contribution in [0.5, 0.6) is 0 Å². The lowest BCUT2D eigenvalue weighted by atomic mass is 9.93. The number of carbonyl (C=O) groups is 3. The van der Waals surface area contributed by atoms with Crippen LogP contribution in [0.25, 0.3) is 0 Å². The molecule has 0 saturated carbocycles. The SMILES string of the molecule is CCOC(=O)C(O)(CC(=O)c1ccc(F)c(C)c1)C(=O)O. The zero-order valence-corrected chi connectivity index (χ0v) is 11.6. The van der Waals surface area contributed by atoms with E-state index in [9.17, 15) is 23.9 Å². The first kappa shape index (κ1) is 16.8. The molecule has 0 aromatic heterocycles. The van der Waals surface area contributed by atoms with Gasteiger partial charge in [0.2, 0.25) is 0 Å². The maximum atomic E-state index is 13.1. The lowest BCUT2D eigenvalue weighted by molar-refractivity contribution is -0.179. The minimum absolute atomic E-state index is 0.00197. The number of aryl methyl sites for hydroxylation is 1. The zero-order chi connectivity index (χ0) is 16.2. The summed E-state index contributed by atoms with van der Waals surface area (Å²) in [4.78, 5) is 34.6. The van der Waals surface area contributed by atoms with Gasteiger partial charge in [-0.05, 0) is 37.6 Å². The van der Waals surface area contributed by atoms with Crippen LogP contribution in [0.4, 0.5) is 4.39 Å². The summed E-state index contributed by atoms with van der Waals surface area (Å²) in [6, 6.07) is 3.41. The van der Waals surface area contributed by atoms with Gasteiger partial charge in [0.15, 0.2) is 5.78 Å². The Morgan fingerprint density at radius 2 is 1.95 bits per heavy atom. The van der Waals surface area contributed by atoms with Crippen LogP contribution in [0.3, 0.4) is 0 Å². The number of esters is 1. The number of hydrogen-bond donors (Lipinski definition) is 2. The van der Waals surface area contributed by atoms with E-state index in [1.165, 1.54) is 19.9 Å². The molecule has 0 aliphatic rings. The summed E-state index contributed by atoms with van der Waals surface area (Å²) in [5, 5.41) is 18.8. The molecular weight excluding hydrogens is 283 g/mol. The topological polar surface area (TPSA) is 101 Å². The van der Waals surface area contributed by atoms with Crippen LogP contribution in [0.1, 0.15) is 29.3 Å². The Kier molecular flexibility index (Phi) is 5.15. The highest BCUT2D eigenvalue weighted by Crippen LogP contribution is 2.19. The van der Waals surface area contributed by atoms with Crippen molar-refractivity contribution in [3.05, 3.63) is 35.1 Å². The van der Waals surface area contributed by atoms with Gasteiger partial charge in [-0.25, -0.2) is 14.0 Å². The monoisotopic (exact) mass is 298 g/mol. The number of rotatable bonds is 6. The van der Waals surface area contributed by atoms with Gasteiger partial charge < -0.3 is 14.9 Å². The minimum Gasteiger partial charge on any atom is -0.479 e. The van der Waals surface area contributed by atoms with Crippen LogP contribution in [-0.4, -0.2) is 40.1 Å². The predicted octanol–water partition coefficient (Wildman–Crippen LogP) is 1.09. The van der Waals surface area contributed by atoms with Crippen LogP contribution >= 0.6 is 0 Å². The van der Waals surface area contributed by atoms with E-state index in [0.29, 0.717) is 0 Å². The van der Waals surface area contributed by atoms with E-state index in [1.807, 2.05) is 0 Å². The molecule has 0 bridgehead atoms. The summed E-state index contributed by atoms with van der Waals surface area (Å²) in [5.41, 5.74) is -2.77. The maximum Gasteiger partial charge on any atom is 0.350 e. The molecule has 1 atom stereocenters. The van der Waals surface area contributed by atoms with E-state index < -0.39 is 35.6 Å². The molecule has 0 amide bonds. The van der Waals surface area contributed by atoms with Crippen molar-refractivity contribution in [2.75, 3.05) is 6.61 Å². The molecule has 7 heteroatoms. The third-order valence-corrected chi connectivity index (χ3v) is 2.86. The summed E-state index contributed by atoms with van der Waals surface area (Å²) in [6.45, 7) is 2.73. The number of ketones is 1. The summed E-state index contributed by atoms with van der Waals surface area (Å²) >= 11 is 0. The first-order valence-electron chi connectivity index (χ1n) is 6.14. The molecular formula is C14H15FO6. The average molecular weight is 298 g/mol. The quantitative estimate of drug-likeness (QED) is 0.463. The molecule has 1 aromatic carbocycles. The summed E-state index contributed by atoms with van der Waals surface area (Å²) in [5.74, 6) is -4.63. The fourth-order valence-electron chi connectivity index (χ4n) is 1.64. The van der Waals surface area contributed by atoms with Crippen molar-refractivity contribution in [1.82, 2.24) is 0 Å². The van der Waals surface area contributed by atoms with Gasteiger partial charge in [0.05, 0.1) is 13.0 Å². The molecule has 0 radical (unpaired) electrons.